The smallest absolute Gasteiger partial charge is 0.240 e. The van der Waals surface area contributed by atoms with Gasteiger partial charge in [0.15, 0.2) is 9.84 Å². The van der Waals surface area contributed by atoms with Crippen LogP contribution in [0.15, 0.2) is 23.1 Å². The Hall–Kier alpha value is -0.830. The van der Waals surface area contributed by atoms with Crippen LogP contribution in [0.2, 0.25) is 5.02 Å². The van der Waals surface area contributed by atoms with Gasteiger partial charge in [0.2, 0.25) is 10.0 Å². The highest BCUT2D eigenvalue weighted by Gasteiger charge is 2.31. The molecule has 106 valence electrons. The van der Waals surface area contributed by atoms with Gasteiger partial charge in [-0.25, -0.2) is 21.6 Å². The number of benzene rings is 1. The quantitative estimate of drug-likeness (QED) is 0.782. The maximum Gasteiger partial charge on any atom is 0.240 e. The lowest BCUT2D eigenvalue weighted by Crippen LogP contribution is -2.35. The van der Waals surface area contributed by atoms with E-state index in [2.05, 4.69) is 4.72 Å². The summed E-state index contributed by atoms with van der Waals surface area (Å²) in [5.41, 5.74) is 5.79. The predicted molar refractivity (Wildman–Crippen MR) is 73.2 cm³/mol. The van der Waals surface area contributed by atoms with Crippen LogP contribution in [0.1, 0.15) is 6.42 Å². The van der Waals surface area contributed by atoms with E-state index in [4.69, 9.17) is 17.3 Å². The Morgan fingerprint density at radius 3 is 2.58 bits per heavy atom. The fourth-order valence-electron chi connectivity index (χ4n) is 1.85. The van der Waals surface area contributed by atoms with Crippen molar-refractivity contribution in [1.29, 1.82) is 0 Å². The molecule has 1 atom stereocenters. The topological polar surface area (TPSA) is 106 Å². The zero-order chi connectivity index (χ0) is 14.3. The molecule has 6 nitrogen and oxygen atoms in total. The molecule has 0 saturated carbocycles. The van der Waals surface area contributed by atoms with Gasteiger partial charge in [0.05, 0.1) is 27.1 Å². The molecular formula is C10H13ClN2O4S2. The lowest BCUT2D eigenvalue weighted by atomic mass is 10.3. The molecule has 3 N–H and O–H groups in total. The predicted octanol–water partition coefficient (Wildman–Crippen LogP) is 0.388. The molecule has 1 aromatic rings. The van der Waals surface area contributed by atoms with Gasteiger partial charge in [-0.3, -0.25) is 0 Å². The van der Waals surface area contributed by atoms with Crippen LogP contribution in [-0.2, 0) is 19.9 Å². The van der Waals surface area contributed by atoms with Gasteiger partial charge in [-0.2, -0.15) is 0 Å². The summed E-state index contributed by atoms with van der Waals surface area (Å²) < 4.78 is 49.1. The molecule has 1 heterocycles. The minimum absolute atomic E-state index is 0.00266. The van der Waals surface area contributed by atoms with Crippen molar-refractivity contribution < 1.29 is 16.8 Å². The highest BCUT2D eigenvalue weighted by atomic mass is 35.5. The maximum atomic E-state index is 12.1. The van der Waals surface area contributed by atoms with Crippen molar-refractivity contribution in [3.63, 3.8) is 0 Å². The fraction of sp³-hybridized carbons (Fsp3) is 0.400. The lowest BCUT2D eigenvalue weighted by Gasteiger charge is -2.12. The second kappa shape index (κ2) is 4.93. The Morgan fingerprint density at radius 1 is 1.37 bits per heavy atom. The molecule has 1 aliphatic rings. The summed E-state index contributed by atoms with van der Waals surface area (Å²) in [7, 11) is -6.93. The summed E-state index contributed by atoms with van der Waals surface area (Å²) in [4.78, 5) is -0.0315. The van der Waals surface area contributed by atoms with Crippen molar-refractivity contribution in [1.82, 2.24) is 4.72 Å². The first kappa shape index (κ1) is 14.6. The van der Waals surface area contributed by atoms with Gasteiger partial charge in [-0.15, -0.1) is 0 Å². The van der Waals surface area contributed by atoms with Crippen LogP contribution in [0.5, 0.6) is 0 Å². The van der Waals surface area contributed by atoms with E-state index in [9.17, 15) is 16.8 Å². The third kappa shape index (κ3) is 3.38. The van der Waals surface area contributed by atoms with Gasteiger partial charge < -0.3 is 5.73 Å². The summed E-state index contributed by atoms with van der Waals surface area (Å²) in [5, 5.41) is 0.141. The van der Waals surface area contributed by atoms with Crippen LogP contribution < -0.4 is 10.5 Å². The minimum atomic E-state index is -3.79. The van der Waals surface area contributed by atoms with Crippen LogP contribution in [0.3, 0.4) is 0 Å². The van der Waals surface area contributed by atoms with E-state index in [1.807, 2.05) is 0 Å². The maximum absolute atomic E-state index is 12.1. The molecule has 1 fully saturated rings. The number of hydrogen-bond acceptors (Lipinski definition) is 5. The van der Waals surface area contributed by atoms with Crippen LogP contribution in [0.4, 0.5) is 5.69 Å². The zero-order valence-corrected chi connectivity index (χ0v) is 12.2. The van der Waals surface area contributed by atoms with Gasteiger partial charge in [0.25, 0.3) is 0 Å². The van der Waals surface area contributed by atoms with Gasteiger partial charge in [-0.1, -0.05) is 11.6 Å². The average Bonchev–Trinajstić information content (AvgIpc) is 2.61. The molecule has 1 saturated heterocycles. The molecule has 0 aliphatic carbocycles. The number of anilines is 1. The molecule has 0 bridgehead atoms. The van der Waals surface area contributed by atoms with E-state index in [1.165, 1.54) is 18.2 Å². The molecule has 1 unspecified atom stereocenters. The largest absolute Gasteiger partial charge is 0.398 e. The van der Waals surface area contributed by atoms with Gasteiger partial charge >= 0.3 is 0 Å². The molecule has 1 aliphatic heterocycles. The summed E-state index contributed by atoms with van der Waals surface area (Å²) in [5.74, 6) is -0.169. The molecule has 0 aromatic heterocycles. The van der Waals surface area contributed by atoms with Crippen molar-refractivity contribution in [2.75, 3.05) is 17.2 Å². The molecule has 0 spiro atoms. The normalized spacial score (nSPS) is 22.5. The molecule has 0 amide bonds. The Morgan fingerprint density at radius 2 is 2.05 bits per heavy atom. The summed E-state index contributed by atoms with van der Waals surface area (Å²) >= 11 is 5.77. The van der Waals surface area contributed by atoms with Gasteiger partial charge in [0.1, 0.15) is 0 Å². The Bertz CT molecular complexity index is 700. The van der Waals surface area contributed by atoms with Crippen molar-refractivity contribution >= 4 is 37.1 Å². The molecule has 19 heavy (non-hydrogen) atoms. The van der Waals surface area contributed by atoms with E-state index in [0.717, 1.165) is 0 Å². The molecule has 0 radical (unpaired) electrons. The van der Waals surface area contributed by atoms with Crippen LogP contribution in [0.25, 0.3) is 0 Å². The summed E-state index contributed by atoms with van der Waals surface area (Å²) in [6, 6.07) is 3.36. The molecule has 9 heteroatoms. The van der Waals surface area contributed by atoms with E-state index in [-0.39, 0.29) is 33.5 Å². The average molecular weight is 325 g/mol. The standard InChI is InChI=1S/C10H13ClN2O4S2/c11-9-5-8(1-2-10(9)12)19(16,17)13-7-3-4-18(14,15)6-7/h1-2,5,7,13H,3-4,6,12H2. The number of rotatable bonds is 3. The number of sulfone groups is 1. The molecular weight excluding hydrogens is 312 g/mol. The first-order valence-corrected chi connectivity index (χ1v) is 9.16. The number of halogens is 1. The number of nitrogen functional groups attached to an aromatic ring is 1. The third-order valence-electron chi connectivity index (χ3n) is 2.84. The van der Waals surface area contributed by atoms with Crippen molar-refractivity contribution in [2.24, 2.45) is 0 Å². The monoisotopic (exact) mass is 324 g/mol. The van der Waals surface area contributed by atoms with E-state index in [0.29, 0.717) is 0 Å². The second-order valence-corrected chi connectivity index (χ2v) is 8.75. The first-order chi connectivity index (χ1) is 8.70. The molecule has 2 rings (SSSR count). The van der Waals surface area contributed by atoms with Gasteiger partial charge in [0, 0.05) is 6.04 Å². The lowest BCUT2D eigenvalue weighted by molar-refractivity contribution is 0.562. The summed E-state index contributed by atoms with van der Waals surface area (Å²) in [6.45, 7) is 0. The zero-order valence-electron chi connectivity index (χ0n) is 9.84. The number of nitrogens with two attached hydrogens (primary N) is 1. The first-order valence-electron chi connectivity index (χ1n) is 5.47. The minimum Gasteiger partial charge on any atom is -0.398 e. The SMILES string of the molecule is Nc1ccc(S(=O)(=O)NC2CCS(=O)(=O)C2)cc1Cl. The summed E-state index contributed by atoms with van der Waals surface area (Å²) in [6.07, 6.45) is 0.282. The van der Waals surface area contributed by atoms with E-state index in [1.54, 1.807) is 0 Å². The van der Waals surface area contributed by atoms with Gasteiger partial charge in [-0.05, 0) is 24.6 Å². The highest BCUT2D eigenvalue weighted by molar-refractivity contribution is 7.92. The van der Waals surface area contributed by atoms with Crippen molar-refractivity contribution in [3.05, 3.63) is 23.2 Å². The van der Waals surface area contributed by atoms with Crippen molar-refractivity contribution in [2.45, 2.75) is 17.4 Å². The van der Waals surface area contributed by atoms with Crippen LogP contribution in [0, 0.1) is 0 Å². The van der Waals surface area contributed by atoms with E-state index < -0.39 is 25.9 Å². The fourth-order valence-corrected chi connectivity index (χ4v) is 5.17. The molecule has 1 aromatic carbocycles. The Labute approximate surface area is 116 Å². The third-order valence-corrected chi connectivity index (χ3v) is 6.45. The van der Waals surface area contributed by atoms with Crippen LogP contribution in [-0.4, -0.2) is 34.4 Å². The van der Waals surface area contributed by atoms with Crippen LogP contribution >= 0.6 is 11.6 Å². The van der Waals surface area contributed by atoms with E-state index >= 15 is 0 Å². The number of nitrogens with one attached hydrogen (secondary N) is 1. The highest BCUT2D eigenvalue weighted by Crippen LogP contribution is 2.23. The van der Waals surface area contributed by atoms with Crippen molar-refractivity contribution in [3.8, 4) is 0 Å². The Kier molecular flexibility index (Phi) is 3.78. The number of hydrogen-bond donors (Lipinski definition) is 2. The number of sulfonamides is 1. The Balaban J connectivity index is 2.21. The second-order valence-electron chi connectivity index (χ2n) is 4.40.